The molecule has 4 rings (SSSR count). The summed E-state index contributed by atoms with van der Waals surface area (Å²) in [6.07, 6.45) is 2.15. The molecule has 2 fully saturated rings. The normalized spacial score (nSPS) is 29.2. The van der Waals surface area contributed by atoms with Gasteiger partial charge < -0.3 is 36.9 Å². The molecule has 15 heteroatoms. The quantitative estimate of drug-likeness (QED) is 0.199. The molecule has 14 nitrogen and oxygen atoms in total. The monoisotopic (exact) mass is 796 g/mol. The SMILES string of the molecule is CC(C)CC1NC(=O)C(Cc2c[nH]c3ccccc23)NC(=O)C(C(C)C)NC(=O)C2NC(SC2C)C(C(C)C)NC(=O)C(C(C)C)NC(=O)C(C(C)C)NC1=O. The summed E-state index contributed by atoms with van der Waals surface area (Å²) in [5, 5.41) is 21.4. The lowest BCUT2D eigenvalue weighted by atomic mass is 9.97. The molecule has 9 unspecified atom stereocenters. The molecule has 3 heterocycles. The summed E-state index contributed by atoms with van der Waals surface area (Å²) in [5.41, 5.74) is 1.65. The zero-order chi connectivity index (χ0) is 41.6. The van der Waals surface area contributed by atoms with Crippen molar-refractivity contribution in [2.75, 3.05) is 0 Å². The van der Waals surface area contributed by atoms with Gasteiger partial charge in [-0.25, -0.2) is 0 Å². The minimum Gasteiger partial charge on any atom is -0.361 e. The highest BCUT2D eigenvalue weighted by molar-refractivity contribution is 8.00. The predicted molar refractivity (Wildman–Crippen MR) is 220 cm³/mol. The van der Waals surface area contributed by atoms with Crippen LogP contribution in [0.3, 0.4) is 0 Å². The van der Waals surface area contributed by atoms with Crippen LogP contribution in [0.1, 0.15) is 88.1 Å². The highest BCUT2D eigenvalue weighted by Crippen LogP contribution is 2.32. The number of fused-ring (bicyclic) bond motifs is 3. The molecule has 56 heavy (non-hydrogen) atoms. The first-order valence-corrected chi connectivity index (χ1v) is 21.0. The molecule has 2 bridgehead atoms. The van der Waals surface area contributed by atoms with E-state index < -0.39 is 65.9 Å². The highest BCUT2D eigenvalue weighted by Gasteiger charge is 2.43. The van der Waals surface area contributed by atoms with Gasteiger partial charge in [0.15, 0.2) is 0 Å². The van der Waals surface area contributed by atoms with Crippen molar-refractivity contribution in [3.63, 3.8) is 0 Å². The van der Waals surface area contributed by atoms with Crippen LogP contribution in [0.25, 0.3) is 10.9 Å². The van der Waals surface area contributed by atoms with Crippen LogP contribution >= 0.6 is 11.8 Å². The molecule has 9 atom stereocenters. The molecule has 2 aliphatic rings. The van der Waals surface area contributed by atoms with Crippen LogP contribution in [-0.2, 0) is 35.2 Å². The summed E-state index contributed by atoms with van der Waals surface area (Å²) in [7, 11) is 0. The van der Waals surface area contributed by atoms with Crippen LogP contribution in [0.15, 0.2) is 30.5 Å². The maximum Gasteiger partial charge on any atom is 0.243 e. The van der Waals surface area contributed by atoms with Crippen molar-refractivity contribution in [2.45, 2.75) is 142 Å². The molecule has 0 spiro atoms. The Bertz CT molecular complexity index is 1730. The minimum atomic E-state index is -1.13. The van der Waals surface area contributed by atoms with Crippen molar-refractivity contribution in [2.24, 2.45) is 29.6 Å². The number of carbonyl (C=O) groups is 6. The van der Waals surface area contributed by atoms with Crippen molar-refractivity contribution >= 4 is 58.1 Å². The van der Waals surface area contributed by atoms with Gasteiger partial charge in [0.25, 0.3) is 0 Å². The average Bonchev–Trinajstić information content (AvgIpc) is 3.71. The van der Waals surface area contributed by atoms with Crippen molar-refractivity contribution in [1.29, 1.82) is 0 Å². The Morgan fingerprint density at radius 3 is 1.66 bits per heavy atom. The zero-order valence-electron chi connectivity index (χ0n) is 34.7. The third-order valence-corrected chi connectivity index (χ3v) is 12.0. The highest BCUT2D eigenvalue weighted by atomic mass is 32.2. The van der Waals surface area contributed by atoms with E-state index in [0.29, 0.717) is 0 Å². The van der Waals surface area contributed by atoms with Crippen LogP contribution in [0.2, 0.25) is 0 Å². The van der Waals surface area contributed by atoms with E-state index >= 15 is 0 Å². The number of thioether (sulfide) groups is 1. The first kappa shape index (κ1) is 44.6. The van der Waals surface area contributed by atoms with Crippen molar-refractivity contribution in [3.05, 3.63) is 36.0 Å². The van der Waals surface area contributed by atoms with Gasteiger partial charge in [-0.1, -0.05) is 94.4 Å². The van der Waals surface area contributed by atoms with Gasteiger partial charge in [-0.15, -0.1) is 11.8 Å². The fraction of sp³-hybridized carbons (Fsp3) is 0.659. The first-order chi connectivity index (χ1) is 26.3. The standard InChI is InChI=1S/C41H64N8O6S/c1-19(2)16-28-36(51)45-31(21(5)6)38(53)46-32(22(7)8)39(54)48-33(23(9)10)41-49-34(24(11)56-41)40(55)47-30(20(3)4)37(52)44-29(35(50)43-28)17-25-18-42-27-15-13-12-14-26(25)27/h12-15,18-24,28-34,41-42,49H,16-17H2,1-11H3,(H,43,50)(H,44,52)(H,45,51)(H,46,53)(H,47,55)(H,48,54). The number of hydrogen-bond donors (Lipinski definition) is 8. The van der Waals surface area contributed by atoms with E-state index in [1.54, 1.807) is 20.0 Å². The van der Waals surface area contributed by atoms with Crippen LogP contribution in [-0.4, -0.2) is 93.3 Å². The van der Waals surface area contributed by atoms with Gasteiger partial charge in [-0.2, -0.15) is 0 Å². The minimum absolute atomic E-state index is 0.0264. The van der Waals surface area contributed by atoms with Crippen LogP contribution < -0.4 is 37.2 Å². The Balaban J connectivity index is 1.78. The van der Waals surface area contributed by atoms with Gasteiger partial charge >= 0.3 is 0 Å². The second kappa shape index (κ2) is 19.4. The fourth-order valence-electron chi connectivity index (χ4n) is 7.30. The average molecular weight is 797 g/mol. The molecule has 1 aromatic heterocycles. The maximum absolute atomic E-state index is 14.3. The Morgan fingerprint density at radius 2 is 1.09 bits per heavy atom. The molecular formula is C41H64N8O6S. The number of H-pyrrole nitrogens is 1. The molecular weight excluding hydrogens is 733 g/mol. The number of para-hydroxylation sites is 1. The number of hydrogen-bond acceptors (Lipinski definition) is 8. The molecule has 0 saturated carbocycles. The molecule has 2 aromatic rings. The van der Waals surface area contributed by atoms with Gasteiger partial charge in [-0.3, -0.25) is 34.1 Å². The number of aromatic amines is 1. The molecule has 1 aromatic carbocycles. The molecule has 0 aliphatic carbocycles. The van der Waals surface area contributed by atoms with E-state index in [4.69, 9.17) is 0 Å². The molecule has 2 aliphatic heterocycles. The second-order valence-electron chi connectivity index (χ2n) is 17.2. The zero-order valence-corrected chi connectivity index (χ0v) is 35.6. The summed E-state index contributed by atoms with van der Waals surface area (Å²) in [6.45, 7) is 20.7. The lowest BCUT2D eigenvalue weighted by Crippen LogP contribution is -2.61. The van der Waals surface area contributed by atoms with Gasteiger partial charge in [0.05, 0.1) is 17.5 Å². The molecule has 8 N–H and O–H groups in total. The third-order valence-electron chi connectivity index (χ3n) is 10.6. The van der Waals surface area contributed by atoms with E-state index in [-0.39, 0.29) is 64.9 Å². The number of carbonyl (C=O) groups excluding carboxylic acids is 6. The Labute approximate surface area is 335 Å². The largest absolute Gasteiger partial charge is 0.361 e. The molecule has 310 valence electrons. The van der Waals surface area contributed by atoms with E-state index in [2.05, 4.69) is 42.2 Å². The topological polar surface area (TPSA) is 202 Å². The molecule has 0 radical (unpaired) electrons. The molecule has 2 saturated heterocycles. The van der Waals surface area contributed by atoms with Crippen molar-refractivity contribution in [3.8, 4) is 0 Å². The van der Waals surface area contributed by atoms with Crippen molar-refractivity contribution in [1.82, 2.24) is 42.2 Å². The summed E-state index contributed by atoms with van der Waals surface area (Å²) in [6, 6.07) is 1.44. The summed E-state index contributed by atoms with van der Waals surface area (Å²) in [5.74, 6) is -4.03. The smallest absolute Gasteiger partial charge is 0.243 e. The van der Waals surface area contributed by atoms with Gasteiger partial charge in [-0.05, 0) is 47.6 Å². The van der Waals surface area contributed by atoms with E-state index in [1.807, 2.05) is 86.6 Å². The summed E-state index contributed by atoms with van der Waals surface area (Å²) < 4.78 is 0. The predicted octanol–water partition coefficient (Wildman–Crippen LogP) is 2.72. The lowest BCUT2D eigenvalue weighted by Gasteiger charge is -2.32. The van der Waals surface area contributed by atoms with Gasteiger partial charge in [0, 0.05) is 28.8 Å². The summed E-state index contributed by atoms with van der Waals surface area (Å²) in [4.78, 5) is 87.7. The Morgan fingerprint density at radius 1 is 0.589 bits per heavy atom. The third kappa shape index (κ3) is 11.0. The van der Waals surface area contributed by atoms with Gasteiger partial charge in [0.2, 0.25) is 35.4 Å². The van der Waals surface area contributed by atoms with E-state index in [1.165, 1.54) is 11.8 Å². The number of rotatable bonds is 8. The first-order valence-electron chi connectivity index (χ1n) is 20.1. The van der Waals surface area contributed by atoms with Crippen LogP contribution in [0.5, 0.6) is 0 Å². The second-order valence-corrected chi connectivity index (χ2v) is 18.7. The number of nitrogens with one attached hydrogen (secondary N) is 8. The fourth-order valence-corrected chi connectivity index (χ4v) is 8.89. The van der Waals surface area contributed by atoms with E-state index in [0.717, 1.165) is 16.5 Å². The lowest BCUT2D eigenvalue weighted by molar-refractivity contribution is -0.136. The van der Waals surface area contributed by atoms with Crippen molar-refractivity contribution < 1.29 is 28.8 Å². The van der Waals surface area contributed by atoms with Crippen LogP contribution in [0.4, 0.5) is 0 Å². The Kier molecular flexibility index (Phi) is 15.4. The number of benzene rings is 1. The summed E-state index contributed by atoms with van der Waals surface area (Å²) >= 11 is 1.53. The van der Waals surface area contributed by atoms with E-state index in [9.17, 15) is 28.8 Å². The van der Waals surface area contributed by atoms with Gasteiger partial charge in [0.1, 0.15) is 30.2 Å². The Hall–Kier alpha value is -4.11. The molecule has 6 amide bonds. The number of aromatic nitrogens is 1. The number of amides is 6. The maximum atomic E-state index is 14.3. The van der Waals surface area contributed by atoms with Crippen LogP contribution in [0, 0.1) is 29.6 Å².